The van der Waals surface area contributed by atoms with Crippen molar-refractivity contribution in [2.24, 2.45) is 11.8 Å². The van der Waals surface area contributed by atoms with Gasteiger partial charge in [0.05, 0.1) is 12.5 Å². The van der Waals surface area contributed by atoms with Crippen molar-refractivity contribution in [2.45, 2.75) is 43.6 Å². The molecule has 1 aromatic rings. The normalized spacial score (nSPS) is 30.6. The Bertz CT molecular complexity index is 598. The number of carbonyl (C=O) groups excluding carboxylic acids is 1. The van der Waals surface area contributed by atoms with E-state index in [9.17, 15) is 9.90 Å². The summed E-state index contributed by atoms with van der Waals surface area (Å²) in [5, 5.41) is 19.3. The van der Waals surface area contributed by atoms with Crippen LogP contribution in [-0.4, -0.2) is 41.2 Å². The summed E-state index contributed by atoms with van der Waals surface area (Å²) < 4.78 is 5.44. The van der Waals surface area contributed by atoms with Gasteiger partial charge in [0.15, 0.2) is 0 Å². The lowest BCUT2D eigenvalue weighted by Gasteiger charge is -2.19. The lowest BCUT2D eigenvalue weighted by molar-refractivity contribution is -0.141. The smallest absolute Gasteiger partial charge is 0.322 e. The van der Waals surface area contributed by atoms with Gasteiger partial charge in [0.1, 0.15) is 6.10 Å². The zero-order chi connectivity index (χ0) is 17.6. The minimum absolute atomic E-state index is 0.0182. The highest BCUT2D eigenvalue weighted by Crippen LogP contribution is 2.54. The zero-order valence-corrected chi connectivity index (χ0v) is 16.0. The summed E-state index contributed by atoms with van der Waals surface area (Å²) in [7, 11) is 2.33. The van der Waals surface area contributed by atoms with Crippen LogP contribution in [0, 0.1) is 11.8 Å². The van der Waals surface area contributed by atoms with E-state index >= 15 is 0 Å². The predicted octanol–water partition coefficient (Wildman–Crippen LogP) is 2.66. The average molecular weight is 377 g/mol. The third-order valence-electron chi connectivity index (χ3n) is 5.07. The molecule has 3 rings (SSSR count). The minimum Gasteiger partial charge on any atom is -0.462 e. The van der Waals surface area contributed by atoms with Crippen molar-refractivity contribution < 1.29 is 19.7 Å². The average Bonchev–Trinajstić information content (AvgIpc) is 3.13. The Hall–Kier alpha value is -0.725. The first kappa shape index (κ1) is 19.0. The van der Waals surface area contributed by atoms with Crippen molar-refractivity contribution >= 4 is 29.6 Å². The van der Waals surface area contributed by atoms with Crippen molar-refractivity contribution in [3.63, 3.8) is 0 Å². The molecule has 1 aliphatic carbocycles. The number of carbonyl (C=O) groups is 1. The lowest BCUT2D eigenvalue weighted by Crippen LogP contribution is -2.16. The van der Waals surface area contributed by atoms with Crippen molar-refractivity contribution in [1.82, 2.24) is 0 Å². The Kier molecular flexibility index (Phi) is 7.07. The van der Waals surface area contributed by atoms with Crippen LogP contribution in [0.25, 0.3) is 0 Å². The van der Waals surface area contributed by atoms with Crippen LogP contribution in [0.1, 0.15) is 24.8 Å². The summed E-state index contributed by atoms with van der Waals surface area (Å²) in [6.45, 7) is 0. The molecule has 25 heavy (non-hydrogen) atoms. The number of fused-ring (bicyclic) bond motifs is 1. The highest BCUT2D eigenvalue weighted by molar-refractivity contribution is 8.24. The molecule has 1 saturated heterocycles. The van der Waals surface area contributed by atoms with Gasteiger partial charge in [0.25, 0.3) is 0 Å². The predicted molar refractivity (Wildman–Crippen MR) is 104 cm³/mol. The second-order valence-electron chi connectivity index (χ2n) is 6.71. The molecule has 7 atom stereocenters. The van der Waals surface area contributed by atoms with Gasteiger partial charge in [0.2, 0.25) is 0 Å². The molecule has 7 heteroatoms. The van der Waals surface area contributed by atoms with Gasteiger partial charge >= 0.3 is 13.2 Å². The SMILES string of the molecule is O=C1C[C@H]2C(C[C@@H](PP[B]O)[C@@H]2/C=C/[C@@H](O)CCc2ccccc2)O1. The first-order chi connectivity index (χ1) is 12.2. The van der Waals surface area contributed by atoms with E-state index in [2.05, 4.69) is 18.2 Å². The standard InChI is InChI=1S/C18H24BO4P2/c20-13(7-6-12-4-2-1-3-5-12)8-9-14-15-10-18(21)23-16(15)11-17(14)24-25-19-22/h1-5,8-9,13-17,20,22,24-25H,6-7,10-11H2/b9-8+/t13-,14+,15+,16?,17+/m0/s1. The Labute approximate surface area is 153 Å². The third-order valence-corrected chi connectivity index (χ3v) is 8.36. The maximum absolute atomic E-state index is 11.6. The highest BCUT2D eigenvalue weighted by Gasteiger charge is 2.48. The minimum atomic E-state index is -0.479. The van der Waals surface area contributed by atoms with Crippen LogP contribution in [0.5, 0.6) is 0 Å². The third kappa shape index (κ3) is 5.14. The van der Waals surface area contributed by atoms with E-state index in [1.807, 2.05) is 24.3 Å². The van der Waals surface area contributed by atoms with Crippen LogP contribution in [-0.2, 0) is 16.0 Å². The van der Waals surface area contributed by atoms with Crippen molar-refractivity contribution in [2.75, 3.05) is 0 Å². The van der Waals surface area contributed by atoms with E-state index in [-0.39, 0.29) is 23.9 Å². The number of aliphatic hydroxyl groups excluding tert-OH is 1. The monoisotopic (exact) mass is 377 g/mol. The molecular weight excluding hydrogens is 353 g/mol. The maximum Gasteiger partial charge on any atom is 0.322 e. The Morgan fingerprint density at radius 2 is 2.16 bits per heavy atom. The zero-order valence-electron chi connectivity index (χ0n) is 14.0. The number of esters is 1. The maximum atomic E-state index is 11.6. The number of allylic oxidation sites excluding steroid dienone is 1. The highest BCUT2D eigenvalue weighted by atomic mass is 32.0. The summed E-state index contributed by atoms with van der Waals surface area (Å²) in [4.78, 5) is 11.6. The van der Waals surface area contributed by atoms with Gasteiger partial charge in [-0.1, -0.05) is 42.5 Å². The summed E-state index contributed by atoms with van der Waals surface area (Å²) in [5.41, 5.74) is 1.66. The van der Waals surface area contributed by atoms with Crippen LogP contribution in [0.2, 0.25) is 0 Å². The molecule has 133 valence electrons. The second-order valence-corrected chi connectivity index (χ2v) is 10.0. The molecule has 1 heterocycles. The van der Waals surface area contributed by atoms with Gasteiger partial charge in [-0.25, -0.2) is 0 Å². The van der Waals surface area contributed by atoms with Gasteiger partial charge < -0.3 is 14.9 Å². The van der Waals surface area contributed by atoms with E-state index in [1.165, 1.54) is 12.8 Å². The van der Waals surface area contributed by atoms with Crippen LogP contribution < -0.4 is 0 Å². The van der Waals surface area contributed by atoms with E-state index in [0.717, 1.165) is 12.8 Å². The van der Waals surface area contributed by atoms with Gasteiger partial charge in [-0.15, -0.1) is 16.4 Å². The fraction of sp³-hybridized carbons (Fsp3) is 0.500. The molecule has 1 saturated carbocycles. The topological polar surface area (TPSA) is 66.8 Å². The van der Waals surface area contributed by atoms with Crippen LogP contribution in [0.15, 0.2) is 42.5 Å². The summed E-state index contributed by atoms with van der Waals surface area (Å²) in [6.07, 6.45) is 6.42. The molecule has 0 aromatic heterocycles. The number of aryl methyl sites for hydroxylation is 1. The molecule has 1 radical (unpaired) electrons. The van der Waals surface area contributed by atoms with Gasteiger partial charge in [-0.2, -0.15) is 0 Å². The summed E-state index contributed by atoms with van der Waals surface area (Å²) in [6, 6.07) is 10.2. The fourth-order valence-electron chi connectivity index (χ4n) is 3.83. The first-order valence-corrected chi connectivity index (χ1v) is 11.9. The molecule has 2 N–H and O–H groups in total. The second kappa shape index (κ2) is 9.28. The fourth-order valence-corrected chi connectivity index (χ4v) is 6.82. The number of aliphatic hydroxyl groups is 1. The molecular formula is C18H24BO4P2. The summed E-state index contributed by atoms with van der Waals surface area (Å²) in [5.74, 6) is 0.385. The quantitative estimate of drug-likeness (QED) is 0.317. The number of benzene rings is 1. The Morgan fingerprint density at radius 1 is 1.36 bits per heavy atom. The van der Waals surface area contributed by atoms with Crippen LogP contribution >= 0.6 is 16.4 Å². The number of rotatable bonds is 8. The number of hydrogen-bond acceptors (Lipinski definition) is 4. The molecule has 2 fully saturated rings. The lowest BCUT2D eigenvalue weighted by atomic mass is 9.92. The molecule has 0 spiro atoms. The van der Waals surface area contributed by atoms with Gasteiger partial charge in [-0.3, -0.25) is 4.79 Å². The molecule has 0 amide bonds. The van der Waals surface area contributed by atoms with E-state index < -0.39 is 6.10 Å². The van der Waals surface area contributed by atoms with Gasteiger partial charge in [0, 0.05) is 5.92 Å². The van der Waals surface area contributed by atoms with E-state index in [1.54, 1.807) is 0 Å². The number of hydrogen-bond donors (Lipinski definition) is 2. The van der Waals surface area contributed by atoms with Gasteiger partial charge in [-0.05, 0) is 36.4 Å². The summed E-state index contributed by atoms with van der Waals surface area (Å²) >= 11 is 0. The number of ether oxygens (including phenoxy) is 1. The Balaban J connectivity index is 1.57. The molecule has 1 aromatic carbocycles. The molecule has 1 aliphatic heterocycles. The largest absolute Gasteiger partial charge is 0.462 e. The Morgan fingerprint density at radius 3 is 2.92 bits per heavy atom. The van der Waals surface area contributed by atoms with Crippen molar-refractivity contribution in [3.05, 3.63) is 48.0 Å². The van der Waals surface area contributed by atoms with Crippen LogP contribution in [0.4, 0.5) is 0 Å². The molecule has 2 aliphatic rings. The molecule has 4 nitrogen and oxygen atoms in total. The van der Waals surface area contributed by atoms with Crippen molar-refractivity contribution in [3.8, 4) is 0 Å². The van der Waals surface area contributed by atoms with E-state index in [0.29, 0.717) is 34.9 Å². The first-order valence-electron chi connectivity index (χ1n) is 8.74. The molecule has 0 bridgehead atoms. The van der Waals surface area contributed by atoms with Crippen LogP contribution in [0.3, 0.4) is 0 Å². The van der Waals surface area contributed by atoms with Crippen molar-refractivity contribution in [1.29, 1.82) is 0 Å². The molecule has 3 unspecified atom stereocenters. The van der Waals surface area contributed by atoms with E-state index in [4.69, 9.17) is 9.76 Å².